The summed E-state index contributed by atoms with van der Waals surface area (Å²) in [7, 11) is 0. The molecule has 0 amide bonds. The van der Waals surface area contributed by atoms with Gasteiger partial charge in [0.2, 0.25) is 0 Å². The van der Waals surface area contributed by atoms with Gasteiger partial charge >= 0.3 is 5.97 Å². The predicted molar refractivity (Wildman–Crippen MR) is 73.5 cm³/mol. The summed E-state index contributed by atoms with van der Waals surface area (Å²) in [5.41, 5.74) is 0. The lowest BCUT2D eigenvalue weighted by Crippen LogP contribution is -2.39. The molecule has 0 bridgehead atoms. The van der Waals surface area contributed by atoms with Crippen molar-refractivity contribution in [1.29, 1.82) is 0 Å². The van der Waals surface area contributed by atoms with Gasteiger partial charge in [-0.1, -0.05) is 0 Å². The molecule has 0 aromatic carbocycles. The second-order valence-corrected chi connectivity index (χ2v) is 5.29. The smallest absolute Gasteiger partial charge is 0.310 e. The van der Waals surface area contributed by atoms with Crippen molar-refractivity contribution >= 4 is 27.7 Å². The number of anilines is 1. The number of ether oxygens (including phenoxy) is 1. The number of carbonyl (C=O) groups excluding carboxylic acids is 1. The van der Waals surface area contributed by atoms with E-state index in [0.29, 0.717) is 13.2 Å². The van der Waals surface area contributed by atoms with Crippen LogP contribution < -0.4 is 4.90 Å². The lowest BCUT2D eigenvalue weighted by molar-refractivity contribution is -0.148. The second kappa shape index (κ2) is 6.18. The Balaban J connectivity index is 2.02. The van der Waals surface area contributed by atoms with Crippen molar-refractivity contribution in [3.63, 3.8) is 0 Å². The molecule has 1 aliphatic heterocycles. The average molecular weight is 313 g/mol. The molecule has 1 aromatic rings. The number of hydrogen-bond donors (Lipinski definition) is 0. The first-order valence-electron chi connectivity index (χ1n) is 6.24. The fourth-order valence-corrected chi connectivity index (χ4v) is 2.43. The van der Waals surface area contributed by atoms with Crippen molar-refractivity contribution < 1.29 is 9.53 Å². The molecule has 18 heavy (non-hydrogen) atoms. The van der Waals surface area contributed by atoms with Crippen LogP contribution in [0.2, 0.25) is 0 Å². The van der Waals surface area contributed by atoms with Gasteiger partial charge in [0.1, 0.15) is 5.82 Å². The molecular formula is C13H17BrN2O2. The van der Waals surface area contributed by atoms with Crippen molar-refractivity contribution in [2.45, 2.75) is 19.8 Å². The van der Waals surface area contributed by atoms with Crippen molar-refractivity contribution in [3.05, 3.63) is 22.8 Å². The Bertz CT molecular complexity index is 408. The lowest BCUT2D eigenvalue weighted by atomic mass is 9.98. The molecule has 1 atom stereocenters. The Morgan fingerprint density at radius 3 is 3.11 bits per heavy atom. The van der Waals surface area contributed by atoms with E-state index in [1.54, 1.807) is 6.20 Å². The minimum absolute atomic E-state index is 0.0239. The summed E-state index contributed by atoms with van der Waals surface area (Å²) in [5.74, 6) is 0.815. The van der Waals surface area contributed by atoms with Crippen LogP contribution in [-0.4, -0.2) is 30.6 Å². The van der Waals surface area contributed by atoms with Gasteiger partial charge in [-0.15, -0.1) is 0 Å². The Morgan fingerprint density at radius 1 is 1.61 bits per heavy atom. The van der Waals surface area contributed by atoms with Crippen LogP contribution in [-0.2, 0) is 9.53 Å². The highest BCUT2D eigenvalue weighted by Crippen LogP contribution is 2.23. The summed E-state index contributed by atoms with van der Waals surface area (Å²) < 4.78 is 6.05. The van der Waals surface area contributed by atoms with Gasteiger partial charge in [0, 0.05) is 23.8 Å². The molecule has 0 spiro atoms. The quantitative estimate of drug-likeness (QED) is 0.805. The number of rotatable bonds is 3. The number of hydrogen-bond acceptors (Lipinski definition) is 4. The molecule has 1 unspecified atom stereocenters. The van der Waals surface area contributed by atoms with Crippen LogP contribution in [0.15, 0.2) is 22.8 Å². The third-order valence-electron chi connectivity index (χ3n) is 3.08. The van der Waals surface area contributed by atoms with E-state index < -0.39 is 0 Å². The second-order valence-electron chi connectivity index (χ2n) is 4.37. The average Bonchev–Trinajstić information content (AvgIpc) is 2.40. The zero-order chi connectivity index (χ0) is 13.0. The zero-order valence-electron chi connectivity index (χ0n) is 10.4. The summed E-state index contributed by atoms with van der Waals surface area (Å²) in [6.07, 6.45) is 3.69. The molecule has 0 N–H and O–H groups in total. The van der Waals surface area contributed by atoms with Gasteiger partial charge in [-0.3, -0.25) is 4.79 Å². The van der Waals surface area contributed by atoms with Gasteiger partial charge < -0.3 is 9.64 Å². The first-order chi connectivity index (χ1) is 8.70. The van der Waals surface area contributed by atoms with Crippen LogP contribution in [0.25, 0.3) is 0 Å². The van der Waals surface area contributed by atoms with Crippen LogP contribution in [0.4, 0.5) is 5.82 Å². The van der Waals surface area contributed by atoms with Crippen molar-refractivity contribution in [2.24, 2.45) is 5.92 Å². The summed E-state index contributed by atoms with van der Waals surface area (Å²) in [6.45, 7) is 3.94. The summed E-state index contributed by atoms with van der Waals surface area (Å²) in [6, 6.07) is 3.94. The Labute approximate surface area is 115 Å². The molecule has 1 saturated heterocycles. The van der Waals surface area contributed by atoms with Crippen LogP contribution >= 0.6 is 15.9 Å². The summed E-state index contributed by atoms with van der Waals surface area (Å²) >= 11 is 3.37. The molecule has 0 radical (unpaired) electrons. The monoisotopic (exact) mass is 312 g/mol. The molecule has 1 aromatic heterocycles. The van der Waals surface area contributed by atoms with Gasteiger partial charge in [0.05, 0.1) is 12.5 Å². The van der Waals surface area contributed by atoms with Crippen molar-refractivity contribution in [3.8, 4) is 0 Å². The van der Waals surface area contributed by atoms with E-state index in [1.807, 2.05) is 19.1 Å². The van der Waals surface area contributed by atoms with E-state index >= 15 is 0 Å². The maximum absolute atomic E-state index is 11.8. The maximum atomic E-state index is 11.8. The number of aromatic nitrogens is 1. The number of halogens is 1. The molecule has 1 fully saturated rings. The third kappa shape index (κ3) is 3.22. The highest BCUT2D eigenvalue weighted by atomic mass is 79.9. The standard InChI is InChI=1S/C13H17BrN2O2/c1-2-18-13(17)10-4-3-7-16(9-10)12-6-5-11(14)8-15-12/h5-6,8,10H,2-4,7,9H2,1H3. The molecule has 2 heterocycles. The third-order valence-corrected chi connectivity index (χ3v) is 3.55. The molecule has 0 aliphatic carbocycles. The van der Waals surface area contributed by atoms with Crippen molar-refractivity contribution in [1.82, 2.24) is 4.98 Å². The molecule has 4 nitrogen and oxygen atoms in total. The minimum atomic E-state index is -0.0840. The molecule has 5 heteroatoms. The molecular weight excluding hydrogens is 296 g/mol. The molecule has 0 saturated carbocycles. The summed E-state index contributed by atoms with van der Waals surface area (Å²) in [5, 5.41) is 0. The predicted octanol–water partition coefficient (Wildman–Crippen LogP) is 2.62. The van der Waals surface area contributed by atoms with Gasteiger partial charge in [-0.2, -0.15) is 0 Å². The van der Waals surface area contributed by atoms with Crippen LogP contribution in [0.5, 0.6) is 0 Å². The van der Waals surface area contributed by atoms with Gasteiger partial charge in [-0.05, 0) is 47.8 Å². The van der Waals surface area contributed by atoms with Crippen molar-refractivity contribution in [2.75, 3.05) is 24.6 Å². The van der Waals surface area contributed by atoms with E-state index in [-0.39, 0.29) is 11.9 Å². The largest absolute Gasteiger partial charge is 0.466 e. The number of nitrogens with zero attached hydrogens (tertiary/aromatic N) is 2. The Hall–Kier alpha value is -1.10. The number of esters is 1. The minimum Gasteiger partial charge on any atom is -0.466 e. The Kier molecular flexibility index (Phi) is 4.58. The Morgan fingerprint density at radius 2 is 2.44 bits per heavy atom. The number of piperidine rings is 1. The fourth-order valence-electron chi connectivity index (χ4n) is 2.19. The van der Waals surface area contributed by atoms with E-state index in [0.717, 1.165) is 29.7 Å². The van der Waals surface area contributed by atoms with Gasteiger partial charge in [0.25, 0.3) is 0 Å². The van der Waals surface area contributed by atoms with Crippen LogP contribution in [0.1, 0.15) is 19.8 Å². The van der Waals surface area contributed by atoms with Crippen LogP contribution in [0, 0.1) is 5.92 Å². The topological polar surface area (TPSA) is 42.4 Å². The zero-order valence-corrected chi connectivity index (χ0v) is 12.0. The number of pyridine rings is 1. The highest BCUT2D eigenvalue weighted by molar-refractivity contribution is 9.10. The maximum Gasteiger partial charge on any atom is 0.310 e. The molecule has 2 rings (SSSR count). The first kappa shape index (κ1) is 13.3. The highest BCUT2D eigenvalue weighted by Gasteiger charge is 2.27. The van der Waals surface area contributed by atoms with E-state index in [4.69, 9.17) is 4.74 Å². The molecule has 98 valence electrons. The van der Waals surface area contributed by atoms with Gasteiger partial charge in [0.15, 0.2) is 0 Å². The van der Waals surface area contributed by atoms with Crippen LogP contribution in [0.3, 0.4) is 0 Å². The SMILES string of the molecule is CCOC(=O)C1CCCN(c2ccc(Br)cn2)C1. The summed E-state index contributed by atoms with van der Waals surface area (Å²) in [4.78, 5) is 18.3. The van der Waals surface area contributed by atoms with E-state index in [9.17, 15) is 4.79 Å². The normalized spacial score (nSPS) is 19.7. The van der Waals surface area contributed by atoms with E-state index in [2.05, 4.69) is 25.8 Å². The first-order valence-corrected chi connectivity index (χ1v) is 7.03. The number of carbonyl (C=O) groups is 1. The lowest BCUT2D eigenvalue weighted by Gasteiger charge is -2.32. The van der Waals surface area contributed by atoms with E-state index in [1.165, 1.54) is 0 Å². The van der Waals surface area contributed by atoms with Gasteiger partial charge in [-0.25, -0.2) is 4.98 Å². The molecule has 1 aliphatic rings. The fraction of sp³-hybridized carbons (Fsp3) is 0.538.